The summed E-state index contributed by atoms with van der Waals surface area (Å²) >= 11 is 0. The molecule has 1 saturated heterocycles. The second kappa shape index (κ2) is 5.66. The number of ether oxygens (including phenoxy) is 2. The zero-order valence-corrected chi connectivity index (χ0v) is 10.4. The quantitative estimate of drug-likeness (QED) is 0.494. The van der Waals surface area contributed by atoms with Crippen LogP contribution in [0.1, 0.15) is 6.42 Å². The second-order valence-corrected chi connectivity index (χ2v) is 4.18. The van der Waals surface area contributed by atoms with E-state index < -0.39 is 11.0 Å². The van der Waals surface area contributed by atoms with Gasteiger partial charge in [-0.15, -0.1) is 0 Å². The fourth-order valence-electron chi connectivity index (χ4n) is 2.00. The summed E-state index contributed by atoms with van der Waals surface area (Å²) in [6, 6.07) is 5.76. The van der Waals surface area contributed by atoms with Crippen LogP contribution in [0.3, 0.4) is 0 Å². The van der Waals surface area contributed by atoms with E-state index in [0.717, 1.165) is 0 Å². The van der Waals surface area contributed by atoms with Crippen LogP contribution in [0.25, 0.3) is 0 Å². The summed E-state index contributed by atoms with van der Waals surface area (Å²) in [5.74, 6) is -0.140. The van der Waals surface area contributed by atoms with Crippen LogP contribution in [0.2, 0.25) is 0 Å². The molecule has 0 saturated carbocycles. The van der Waals surface area contributed by atoms with Gasteiger partial charge in [0.1, 0.15) is 12.1 Å². The van der Waals surface area contributed by atoms with Crippen LogP contribution in [0.5, 0.6) is 5.75 Å². The molecule has 2 rings (SSSR count). The molecule has 1 fully saturated rings. The van der Waals surface area contributed by atoms with Gasteiger partial charge in [-0.05, 0) is 6.07 Å². The molecule has 1 aliphatic rings. The number of rotatable bonds is 4. The van der Waals surface area contributed by atoms with E-state index in [1.807, 2.05) is 0 Å². The smallest absolute Gasteiger partial charge is 0.323 e. The Balaban J connectivity index is 2.03. The Morgan fingerprint density at radius 2 is 2.21 bits per heavy atom. The lowest BCUT2D eigenvalue weighted by molar-refractivity contribution is -0.386. The fraction of sp³-hybridized carbons (Fsp3) is 0.417. The molecule has 1 aromatic carbocycles. The highest BCUT2D eigenvalue weighted by Crippen LogP contribution is 2.28. The second-order valence-electron chi connectivity index (χ2n) is 4.18. The summed E-state index contributed by atoms with van der Waals surface area (Å²) in [7, 11) is 1.32. The average molecular weight is 266 g/mol. The van der Waals surface area contributed by atoms with Crippen LogP contribution in [-0.2, 0) is 9.53 Å². The van der Waals surface area contributed by atoms with Gasteiger partial charge < -0.3 is 14.8 Å². The summed E-state index contributed by atoms with van der Waals surface area (Å²) in [6.45, 7) is 0.450. The Bertz CT molecular complexity index is 491. The van der Waals surface area contributed by atoms with Crippen molar-refractivity contribution in [2.45, 2.75) is 18.6 Å². The molecule has 7 heteroatoms. The first-order valence-corrected chi connectivity index (χ1v) is 5.83. The number of benzene rings is 1. The first-order chi connectivity index (χ1) is 9.11. The summed E-state index contributed by atoms with van der Waals surface area (Å²) in [6.07, 6.45) is 0.142. The highest BCUT2D eigenvalue weighted by Gasteiger charge is 2.32. The van der Waals surface area contributed by atoms with Gasteiger partial charge in [0.05, 0.1) is 12.0 Å². The van der Waals surface area contributed by atoms with Crippen molar-refractivity contribution in [3.8, 4) is 5.75 Å². The molecule has 0 aromatic heterocycles. The molecule has 0 amide bonds. The molecule has 0 unspecified atom stereocenters. The zero-order valence-electron chi connectivity index (χ0n) is 10.4. The Kier molecular flexibility index (Phi) is 3.96. The molecular formula is C12H14N2O5. The standard InChI is InChI=1S/C12H14N2O5/c1-18-12(15)9-6-8(7-13-9)19-11-5-3-2-4-10(11)14(16)17/h2-5,8-9,13H,6-7H2,1H3/t8-,9-/m0/s1. The van der Waals surface area contributed by atoms with Crippen molar-refractivity contribution in [3.63, 3.8) is 0 Å². The third-order valence-corrected chi connectivity index (χ3v) is 2.93. The third-order valence-electron chi connectivity index (χ3n) is 2.93. The minimum Gasteiger partial charge on any atom is -0.482 e. The van der Waals surface area contributed by atoms with Crippen LogP contribution in [0.4, 0.5) is 5.69 Å². The van der Waals surface area contributed by atoms with E-state index in [0.29, 0.717) is 13.0 Å². The summed E-state index contributed by atoms with van der Waals surface area (Å²) in [5, 5.41) is 13.8. The average Bonchev–Trinajstić information content (AvgIpc) is 2.86. The SMILES string of the molecule is COC(=O)[C@@H]1C[C@H](Oc2ccccc2[N+](=O)[O-])CN1. The van der Waals surface area contributed by atoms with E-state index in [1.54, 1.807) is 18.2 Å². The number of esters is 1. The molecule has 2 atom stereocenters. The Labute approximate surface area is 109 Å². The van der Waals surface area contributed by atoms with Gasteiger partial charge in [0, 0.05) is 19.0 Å². The molecule has 0 bridgehead atoms. The molecule has 0 radical (unpaired) electrons. The van der Waals surface area contributed by atoms with E-state index in [2.05, 4.69) is 10.1 Å². The lowest BCUT2D eigenvalue weighted by Gasteiger charge is -2.12. The zero-order chi connectivity index (χ0) is 13.8. The van der Waals surface area contributed by atoms with Crippen molar-refractivity contribution in [1.82, 2.24) is 5.32 Å². The number of para-hydroxylation sites is 2. The third kappa shape index (κ3) is 3.00. The van der Waals surface area contributed by atoms with E-state index in [-0.39, 0.29) is 23.5 Å². The van der Waals surface area contributed by atoms with Gasteiger partial charge in [0.25, 0.3) is 0 Å². The largest absolute Gasteiger partial charge is 0.482 e. The predicted octanol–water partition coefficient (Wildman–Crippen LogP) is 0.877. The highest BCUT2D eigenvalue weighted by molar-refractivity contribution is 5.76. The number of nitro benzene ring substituents is 1. The number of hydrogen-bond acceptors (Lipinski definition) is 6. The Morgan fingerprint density at radius 1 is 1.47 bits per heavy atom. The Hall–Kier alpha value is -2.15. The van der Waals surface area contributed by atoms with E-state index in [4.69, 9.17) is 4.74 Å². The molecule has 1 heterocycles. The van der Waals surface area contributed by atoms with Crippen LogP contribution in [0, 0.1) is 10.1 Å². The summed E-state index contributed by atoms with van der Waals surface area (Å²) in [5.41, 5.74) is -0.0796. The van der Waals surface area contributed by atoms with Gasteiger partial charge in [-0.2, -0.15) is 0 Å². The lowest BCUT2D eigenvalue weighted by atomic mass is 10.2. The highest BCUT2D eigenvalue weighted by atomic mass is 16.6. The van der Waals surface area contributed by atoms with E-state index >= 15 is 0 Å². The first-order valence-electron chi connectivity index (χ1n) is 5.83. The van der Waals surface area contributed by atoms with Crippen molar-refractivity contribution in [2.75, 3.05) is 13.7 Å². The van der Waals surface area contributed by atoms with Gasteiger partial charge in [0.15, 0.2) is 5.75 Å². The predicted molar refractivity (Wildman–Crippen MR) is 65.9 cm³/mol. The molecule has 0 spiro atoms. The van der Waals surface area contributed by atoms with Gasteiger partial charge >= 0.3 is 11.7 Å². The Morgan fingerprint density at radius 3 is 2.89 bits per heavy atom. The topological polar surface area (TPSA) is 90.7 Å². The maximum absolute atomic E-state index is 11.3. The van der Waals surface area contributed by atoms with Crippen LogP contribution in [-0.4, -0.2) is 36.7 Å². The summed E-state index contributed by atoms with van der Waals surface area (Å²) in [4.78, 5) is 21.7. The lowest BCUT2D eigenvalue weighted by Crippen LogP contribution is -2.31. The van der Waals surface area contributed by atoms with Crippen LogP contribution < -0.4 is 10.1 Å². The van der Waals surface area contributed by atoms with Crippen molar-refractivity contribution in [1.29, 1.82) is 0 Å². The van der Waals surface area contributed by atoms with E-state index in [9.17, 15) is 14.9 Å². The molecule has 1 N–H and O–H groups in total. The molecular weight excluding hydrogens is 252 g/mol. The number of methoxy groups -OCH3 is 1. The molecule has 1 aliphatic heterocycles. The van der Waals surface area contributed by atoms with Gasteiger partial charge in [0.2, 0.25) is 0 Å². The van der Waals surface area contributed by atoms with Crippen LogP contribution >= 0.6 is 0 Å². The molecule has 1 aromatic rings. The number of hydrogen-bond donors (Lipinski definition) is 1. The molecule has 0 aliphatic carbocycles. The van der Waals surface area contributed by atoms with Crippen molar-refractivity contribution in [2.24, 2.45) is 0 Å². The minimum atomic E-state index is -0.491. The molecule has 19 heavy (non-hydrogen) atoms. The molecule has 7 nitrogen and oxygen atoms in total. The first kappa shape index (κ1) is 13.3. The van der Waals surface area contributed by atoms with Gasteiger partial charge in [-0.3, -0.25) is 14.9 Å². The van der Waals surface area contributed by atoms with Crippen molar-refractivity contribution in [3.05, 3.63) is 34.4 Å². The summed E-state index contributed by atoms with van der Waals surface area (Å²) < 4.78 is 10.2. The normalized spacial score (nSPS) is 21.9. The minimum absolute atomic E-state index is 0.0796. The van der Waals surface area contributed by atoms with Gasteiger partial charge in [-0.1, -0.05) is 12.1 Å². The fourth-order valence-corrected chi connectivity index (χ4v) is 2.00. The number of nitro groups is 1. The number of carbonyl (C=O) groups is 1. The van der Waals surface area contributed by atoms with Crippen LogP contribution in [0.15, 0.2) is 24.3 Å². The number of carbonyl (C=O) groups excluding carboxylic acids is 1. The van der Waals surface area contributed by atoms with Gasteiger partial charge in [-0.25, -0.2) is 0 Å². The molecule has 102 valence electrons. The van der Waals surface area contributed by atoms with Crippen molar-refractivity contribution >= 4 is 11.7 Å². The number of nitrogens with one attached hydrogen (secondary N) is 1. The van der Waals surface area contributed by atoms with E-state index in [1.165, 1.54) is 13.2 Å². The maximum atomic E-state index is 11.3. The number of nitrogens with zero attached hydrogens (tertiary/aromatic N) is 1. The monoisotopic (exact) mass is 266 g/mol. The maximum Gasteiger partial charge on any atom is 0.323 e. The van der Waals surface area contributed by atoms with Crippen molar-refractivity contribution < 1.29 is 19.2 Å².